The van der Waals surface area contributed by atoms with Gasteiger partial charge in [0.2, 0.25) is 0 Å². The number of nitrogens with zero attached hydrogens (tertiary/aromatic N) is 1. The van der Waals surface area contributed by atoms with Gasteiger partial charge in [-0.05, 0) is 31.9 Å². The lowest BCUT2D eigenvalue weighted by atomic mass is 9.84. The summed E-state index contributed by atoms with van der Waals surface area (Å²) in [4.78, 5) is 12.0. The van der Waals surface area contributed by atoms with E-state index in [2.05, 4.69) is 11.4 Å². The van der Waals surface area contributed by atoms with Crippen molar-refractivity contribution in [1.82, 2.24) is 9.88 Å². The van der Waals surface area contributed by atoms with Gasteiger partial charge in [-0.3, -0.25) is 4.79 Å². The first kappa shape index (κ1) is 11.7. The smallest absolute Gasteiger partial charge is 0.253 e. The summed E-state index contributed by atoms with van der Waals surface area (Å²) in [6, 6.07) is 4.09. The van der Waals surface area contributed by atoms with Gasteiger partial charge < -0.3 is 9.88 Å². The quantitative estimate of drug-likeness (QED) is 0.742. The molecule has 0 amide bonds. The van der Waals surface area contributed by atoms with Gasteiger partial charge in [-0.25, -0.2) is 0 Å². The van der Waals surface area contributed by atoms with Crippen LogP contribution in [0, 0.1) is 12.8 Å². The Morgan fingerprint density at radius 2 is 2.19 bits per heavy atom. The van der Waals surface area contributed by atoms with Crippen LogP contribution in [-0.4, -0.2) is 17.7 Å². The SMILES string of the molecule is Cc1ccc2n(c1=O)CC1CNCC2C1.Cl. The van der Waals surface area contributed by atoms with E-state index in [0.29, 0.717) is 11.8 Å². The number of aryl methyl sites for hydroxylation is 1. The van der Waals surface area contributed by atoms with E-state index in [1.54, 1.807) is 0 Å². The van der Waals surface area contributed by atoms with Crippen molar-refractivity contribution in [3.8, 4) is 0 Å². The van der Waals surface area contributed by atoms with Gasteiger partial charge in [-0.1, -0.05) is 6.07 Å². The van der Waals surface area contributed by atoms with Crippen LogP contribution in [0.3, 0.4) is 0 Å². The average Bonchev–Trinajstić information content (AvgIpc) is 2.25. The Kier molecular flexibility index (Phi) is 3.08. The van der Waals surface area contributed by atoms with Crippen LogP contribution in [0.25, 0.3) is 0 Å². The third-order valence-corrected chi connectivity index (χ3v) is 3.70. The normalized spacial score (nSPS) is 26.8. The molecule has 88 valence electrons. The van der Waals surface area contributed by atoms with Gasteiger partial charge in [0.15, 0.2) is 0 Å². The van der Waals surface area contributed by atoms with E-state index in [0.717, 1.165) is 25.2 Å². The zero-order chi connectivity index (χ0) is 10.4. The average molecular weight is 241 g/mol. The minimum absolute atomic E-state index is 0. The van der Waals surface area contributed by atoms with Crippen LogP contribution in [0.2, 0.25) is 0 Å². The van der Waals surface area contributed by atoms with Crippen molar-refractivity contribution in [2.75, 3.05) is 13.1 Å². The van der Waals surface area contributed by atoms with E-state index >= 15 is 0 Å². The molecule has 2 unspecified atom stereocenters. The maximum atomic E-state index is 12.0. The summed E-state index contributed by atoms with van der Waals surface area (Å²) in [5.41, 5.74) is 2.31. The Bertz CT molecular complexity index is 455. The summed E-state index contributed by atoms with van der Waals surface area (Å²) < 4.78 is 2.00. The molecule has 1 saturated heterocycles. The first-order chi connectivity index (χ1) is 7.25. The molecular formula is C12H17ClN2O. The van der Waals surface area contributed by atoms with E-state index in [-0.39, 0.29) is 18.0 Å². The van der Waals surface area contributed by atoms with Crippen molar-refractivity contribution in [2.45, 2.75) is 25.8 Å². The first-order valence-corrected chi connectivity index (χ1v) is 5.67. The molecule has 1 fully saturated rings. The number of halogens is 1. The van der Waals surface area contributed by atoms with Crippen LogP contribution < -0.4 is 10.9 Å². The number of aromatic nitrogens is 1. The van der Waals surface area contributed by atoms with E-state index in [1.807, 2.05) is 17.6 Å². The van der Waals surface area contributed by atoms with E-state index in [1.165, 1.54) is 12.1 Å². The summed E-state index contributed by atoms with van der Waals surface area (Å²) in [5, 5.41) is 3.45. The van der Waals surface area contributed by atoms with Crippen molar-refractivity contribution in [3.05, 3.63) is 33.7 Å². The molecule has 1 aromatic heterocycles. The predicted octanol–water partition coefficient (Wildman–Crippen LogP) is 1.29. The van der Waals surface area contributed by atoms with E-state index < -0.39 is 0 Å². The molecule has 3 rings (SSSR count). The number of piperidine rings is 1. The number of fused-ring (bicyclic) bond motifs is 4. The van der Waals surface area contributed by atoms with Gasteiger partial charge in [-0.15, -0.1) is 12.4 Å². The van der Waals surface area contributed by atoms with Crippen LogP contribution in [0.15, 0.2) is 16.9 Å². The fraction of sp³-hybridized carbons (Fsp3) is 0.583. The highest BCUT2D eigenvalue weighted by molar-refractivity contribution is 5.85. The maximum absolute atomic E-state index is 12.0. The largest absolute Gasteiger partial charge is 0.316 e. The zero-order valence-electron chi connectivity index (χ0n) is 9.40. The molecule has 0 aliphatic carbocycles. The Morgan fingerprint density at radius 3 is 3.00 bits per heavy atom. The molecule has 0 spiro atoms. The zero-order valence-corrected chi connectivity index (χ0v) is 10.2. The van der Waals surface area contributed by atoms with Gasteiger partial charge in [0.05, 0.1) is 0 Å². The van der Waals surface area contributed by atoms with Crippen LogP contribution in [0.4, 0.5) is 0 Å². The molecule has 2 aliphatic heterocycles. The van der Waals surface area contributed by atoms with Crippen LogP contribution in [0.1, 0.15) is 23.6 Å². The van der Waals surface area contributed by atoms with E-state index in [9.17, 15) is 4.79 Å². The molecule has 0 radical (unpaired) electrons. The number of rotatable bonds is 0. The summed E-state index contributed by atoms with van der Waals surface area (Å²) >= 11 is 0. The summed E-state index contributed by atoms with van der Waals surface area (Å²) in [5.74, 6) is 1.20. The Morgan fingerprint density at radius 1 is 1.38 bits per heavy atom. The number of nitrogens with one attached hydrogen (secondary N) is 1. The maximum Gasteiger partial charge on any atom is 0.253 e. The number of pyridine rings is 1. The molecule has 1 aromatic rings. The molecule has 3 nitrogen and oxygen atoms in total. The molecular weight excluding hydrogens is 224 g/mol. The van der Waals surface area contributed by atoms with Gasteiger partial charge in [0, 0.05) is 30.3 Å². The summed E-state index contributed by atoms with van der Waals surface area (Å²) in [6.45, 7) is 4.90. The topological polar surface area (TPSA) is 34.0 Å². The molecule has 1 N–H and O–H groups in total. The highest BCUT2D eigenvalue weighted by atomic mass is 35.5. The summed E-state index contributed by atoms with van der Waals surface area (Å²) in [7, 11) is 0. The molecule has 2 aliphatic rings. The minimum Gasteiger partial charge on any atom is -0.316 e. The second-order valence-corrected chi connectivity index (χ2v) is 4.81. The molecule has 0 saturated carbocycles. The van der Waals surface area contributed by atoms with Gasteiger partial charge in [0.25, 0.3) is 5.56 Å². The Balaban J connectivity index is 0.000000963. The second kappa shape index (κ2) is 4.22. The van der Waals surface area contributed by atoms with Crippen molar-refractivity contribution < 1.29 is 0 Å². The third-order valence-electron chi connectivity index (χ3n) is 3.70. The standard InChI is InChI=1S/C12H16N2O.ClH/c1-8-2-3-11-10-4-9(5-13-6-10)7-14(11)12(8)15;/h2-3,9-10,13H,4-7H2,1H3;1H. The highest BCUT2D eigenvalue weighted by Gasteiger charge is 2.30. The number of hydrogen-bond donors (Lipinski definition) is 1. The van der Waals surface area contributed by atoms with Crippen molar-refractivity contribution in [1.29, 1.82) is 0 Å². The van der Waals surface area contributed by atoms with Crippen LogP contribution in [-0.2, 0) is 6.54 Å². The Hall–Kier alpha value is -0.800. The minimum atomic E-state index is 0. The fourth-order valence-electron chi connectivity index (χ4n) is 2.90. The lowest BCUT2D eigenvalue weighted by Crippen LogP contribution is -2.45. The van der Waals surface area contributed by atoms with Crippen LogP contribution >= 0.6 is 12.4 Å². The highest BCUT2D eigenvalue weighted by Crippen LogP contribution is 2.31. The van der Waals surface area contributed by atoms with Crippen molar-refractivity contribution in [3.63, 3.8) is 0 Å². The lowest BCUT2D eigenvalue weighted by molar-refractivity contribution is 0.257. The molecule has 3 heterocycles. The van der Waals surface area contributed by atoms with Crippen molar-refractivity contribution in [2.24, 2.45) is 5.92 Å². The summed E-state index contributed by atoms with van der Waals surface area (Å²) in [6.07, 6.45) is 1.25. The first-order valence-electron chi connectivity index (χ1n) is 5.67. The molecule has 4 heteroatoms. The molecule has 0 aromatic carbocycles. The van der Waals surface area contributed by atoms with Gasteiger partial charge >= 0.3 is 0 Å². The molecule has 2 bridgehead atoms. The van der Waals surface area contributed by atoms with Crippen LogP contribution in [0.5, 0.6) is 0 Å². The monoisotopic (exact) mass is 240 g/mol. The molecule has 2 atom stereocenters. The third kappa shape index (κ3) is 1.68. The van der Waals surface area contributed by atoms with Crippen molar-refractivity contribution >= 4 is 12.4 Å². The lowest BCUT2D eigenvalue weighted by Gasteiger charge is -2.37. The van der Waals surface area contributed by atoms with E-state index in [4.69, 9.17) is 0 Å². The second-order valence-electron chi connectivity index (χ2n) is 4.81. The Labute approximate surface area is 101 Å². The predicted molar refractivity (Wildman–Crippen MR) is 66.4 cm³/mol. The number of hydrogen-bond acceptors (Lipinski definition) is 2. The molecule has 16 heavy (non-hydrogen) atoms. The fourth-order valence-corrected chi connectivity index (χ4v) is 2.90. The van der Waals surface area contributed by atoms with Gasteiger partial charge in [0.1, 0.15) is 0 Å². The van der Waals surface area contributed by atoms with Gasteiger partial charge in [-0.2, -0.15) is 0 Å².